The smallest absolute Gasteiger partial charge is 0.326 e. The van der Waals surface area contributed by atoms with Crippen LogP contribution in [0, 0.1) is 16.7 Å². The van der Waals surface area contributed by atoms with Crippen molar-refractivity contribution in [1.82, 2.24) is 62.7 Å². The van der Waals surface area contributed by atoms with E-state index in [4.69, 9.17) is 39.5 Å². The number of aromatic amines is 1. The standard InChI is InChI=1S/C47H83N19O12/c1-26(2)20-32(65-43(75)35-14-9-19-66(35)44(76)30(12-7-17-56-46(51)52)62-41(73)33(59-36(67)23-50)21-27-24-55-25-58-27)40(72)64-34(22-37(68)69)42(74)61-28(10-3-5-15-48)38(70)60-29(11-4-6-16-49)39(71)63-31(45(77)78)13-8-18-57-47(53)54/h24-26,28-35H,3-23,48-50H2,1-2H3,(H,55,58)(H,59,67)(H,60,70)(H,61,74)(H,62,73)(H,63,71)(H,64,72)(H,65,75)(H,68,69)(H,77,78)(H4,51,52,56)(H4,53,54,57). The van der Waals surface area contributed by atoms with Crippen molar-refractivity contribution >= 4 is 71.1 Å². The van der Waals surface area contributed by atoms with Gasteiger partial charge in [0.1, 0.15) is 48.3 Å². The fourth-order valence-corrected chi connectivity index (χ4v) is 8.39. The SMILES string of the molecule is CC(C)CC(NC(=O)C1CCCN1C(=O)C(CCCNC(=N)N)NC(=O)C(Cc1c[nH]cn1)NC(=O)CN)C(=O)NC(CC(=O)O)C(=O)NC(CCCCN)C(=O)NC(CCCCN)C(=O)NC(CCCNC(=N)N)C(=O)O. The third-order valence-electron chi connectivity index (χ3n) is 12.4. The molecule has 8 amide bonds. The molecule has 1 aromatic heterocycles. The van der Waals surface area contributed by atoms with E-state index in [0.29, 0.717) is 31.4 Å². The molecule has 0 spiro atoms. The normalized spacial score (nSPS) is 15.7. The highest BCUT2D eigenvalue weighted by Gasteiger charge is 2.40. The summed E-state index contributed by atoms with van der Waals surface area (Å²) in [6, 6.07) is -11.0. The third kappa shape index (κ3) is 25.0. The first-order valence-electron chi connectivity index (χ1n) is 26.1. The first kappa shape index (κ1) is 66.4. The van der Waals surface area contributed by atoms with Crippen LogP contribution in [0.25, 0.3) is 0 Å². The molecule has 0 bridgehead atoms. The Morgan fingerprint density at radius 3 is 1.63 bits per heavy atom. The first-order chi connectivity index (χ1) is 37.0. The number of unbranched alkanes of at least 4 members (excludes halogenated alkanes) is 2. The molecule has 1 saturated heterocycles. The average Bonchev–Trinajstić information content (AvgIpc) is 4.09. The summed E-state index contributed by atoms with van der Waals surface area (Å²) in [5.74, 6) is -10.4. The highest BCUT2D eigenvalue weighted by molar-refractivity contribution is 5.99. The van der Waals surface area contributed by atoms with Crippen LogP contribution >= 0.6 is 0 Å². The number of nitrogens with two attached hydrogens (primary N) is 5. The van der Waals surface area contributed by atoms with Gasteiger partial charge in [-0.3, -0.25) is 54.0 Å². The second-order valence-electron chi connectivity index (χ2n) is 19.2. The molecule has 78 heavy (non-hydrogen) atoms. The van der Waals surface area contributed by atoms with Gasteiger partial charge in [0.2, 0.25) is 47.3 Å². The third-order valence-corrected chi connectivity index (χ3v) is 12.4. The summed E-state index contributed by atoms with van der Waals surface area (Å²) in [5, 5.41) is 57.5. The minimum atomic E-state index is -1.82. The molecule has 2 heterocycles. The number of aromatic nitrogens is 2. The van der Waals surface area contributed by atoms with Crippen LogP contribution < -0.4 is 76.5 Å². The Kier molecular flexibility index (Phi) is 30.3. The number of amides is 8. The quantitative estimate of drug-likeness (QED) is 0.0167. The summed E-state index contributed by atoms with van der Waals surface area (Å²) >= 11 is 0. The Morgan fingerprint density at radius 1 is 0.654 bits per heavy atom. The molecule has 24 N–H and O–H groups in total. The Labute approximate surface area is 452 Å². The van der Waals surface area contributed by atoms with Gasteiger partial charge >= 0.3 is 11.9 Å². The lowest BCUT2D eigenvalue weighted by molar-refractivity contribution is -0.143. The Morgan fingerprint density at radius 2 is 1.14 bits per heavy atom. The Hall–Kier alpha value is -7.67. The van der Waals surface area contributed by atoms with Crippen molar-refractivity contribution in [2.45, 2.75) is 158 Å². The zero-order valence-corrected chi connectivity index (χ0v) is 44.5. The number of aliphatic carboxylic acids is 2. The molecule has 438 valence electrons. The highest BCUT2D eigenvalue weighted by atomic mass is 16.4. The van der Waals surface area contributed by atoms with E-state index in [1.165, 1.54) is 17.4 Å². The van der Waals surface area contributed by atoms with Crippen molar-refractivity contribution in [3.8, 4) is 0 Å². The van der Waals surface area contributed by atoms with Crippen LogP contribution in [-0.4, -0.2) is 184 Å². The minimum Gasteiger partial charge on any atom is -0.481 e. The van der Waals surface area contributed by atoms with Gasteiger partial charge in [-0.15, -0.1) is 0 Å². The second kappa shape index (κ2) is 35.6. The van der Waals surface area contributed by atoms with Gasteiger partial charge in [0.25, 0.3) is 0 Å². The maximum Gasteiger partial charge on any atom is 0.326 e. The van der Waals surface area contributed by atoms with Gasteiger partial charge in [-0.2, -0.15) is 0 Å². The number of carboxylic acid groups (broad SMARTS) is 2. The van der Waals surface area contributed by atoms with E-state index in [1.807, 2.05) is 0 Å². The van der Waals surface area contributed by atoms with Crippen LogP contribution in [-0.2, 0) is 54.4 Å². The fourth-order valence-electron chi connectivity index (χ4n) is 8.39. The number of rotatable bonds is 38. The zero-order valence-electron chi connectivity index (χ0n) is 44.5. The maximum absolute atomic E-state index is 14.4. The van der Waals surface area contributed by atoms with Gasteiger partial charge < -0.3 is 96.6 Å². The number of carboxylic acids is 2. The maximum atomic E-state index is 14.4. The summed E-state index contributed by atoms with van der Waals surface area (Å²) in [6.07, 6.45) is 4.09. The molecule has 1 aliphatic heterocycles. The van der Waals surface area contributed by atoms with E-state index in [2.05, 4.69) is 57.8 Å². The van der Waals surface area contributed by atoms with Gasteiger partial charge in [-0.1, -0.05) is 13.8 Å². The second-order valence-corrected chi connectivity index (χ2v) is 19.2. The fraction of sp³-hybridized carbons (Fsp3) is 0.681. The summed E-state index contributed by atoms with van der Waals surface area (Å²) in [7, 11) is 0. The van der Waals surface area contributed by atoms with Crippen LogP contribution in [0.15, 0.2) is 12.5 Å². The van der Waals surface area contributed by atoms with Crippen molar-refractivity contribution in [3.05, 3.63) is 18.2 Å². The van der Waals surface area contributed by atoms with Crippen LogP contribution in [0.4, 0.5) is 0 Å². The van der Waals surface area contributed by atoms with Gasteiger partial charge in [0.05, 0.1) is 25.0 Å². The summed E-state index contributed by atoms with van der Waals surface area (Å²) in [4.78, 5) is 143. The van der Waals surface area contributed by atoms with Crippen LogP contribution in [0.2, 0.25) is 0 Å². The summed E-state index contributed by atoms with van der Waals surface area (Å²) in [5.41, 5.74) is 28.0. The molecule has 8 unspecified atom stereocenters. The van der Waals surface area contributed by atoms with E-state index >= 15 is 0 Å². The van der Waals surface area contributed by atoms with Crippen molar-refractivity contribution in [3.63, 3.8) is 0 Å². The van der Waals surface area contributed by atoms with E-state index in [-0.39, 0.29) is 115 Å². The van der Waals surface area contributed by atoms with Gasteiger partial charge in [0, 0.05) is 32.3 Å². The predicted octanol–water partition coefficient (Wildman–Crippen LogP) is -5.31. The number of hydrogen-bond acceptors (Lipinski definition) is 16. The largest absolute Gasteiger partial charge is 0.481 e. The first-order valence-corrected chi connectivity index (χ1v) is 26.1. The molecule has 1 aliphatic rings. The molecule has 2 rings (SSSR count). The molecule has 0 radical (unpaired) electrons. The van der Waals surface area contributed by atoms with Crippen LogP contribution in [0.1, 0.15) is 109 Å². The number of nitrogens with one attached hydrogen (secondary N) is 12. The Bertz CT molecular complexity index is 2170. The number of hydrogen-bond donors (Lipinski definition) is 19. The van der Waals surface area contributed by atoms with Crippen LogP contribution in [0.5, 0.6) is 0 Å². The molecule has 1 aromatic rings. The molecule has 0 aromatic carbocycles. The molecule has 0 aliphatic carbocycles. The number of H-pyrrole nitrogens is 1. The lowest BCUT2D eigenvalue weighted by Gasteiger charge is -2.31. The van der Waals surface area contributed by atoms with E-state index in [1.54, 1.807) is 13.8 Å². The lowest BCUT2D eigenvalue weighted by Crippen LogP contribution is -2.60. The number of nitrogens with zero attached hydrogens (tertiary/aromatic N) is 2. The van der Waals surface area contributed by atoms with Crippen molar-refractivity contribution < 1.29 is 58.2 Å². The van der Waals surface area contributed by atoms with Crippen LogP contribution in [0.3, 0.4) is 0 Å². The predicted molar refractivity (Wildman–Crippen MR) is 283 cm³/mol. The Balaban J connectivity index is 2.38. The number of likely N-dealkylation sites (tertiary alicyclic amines) is 1. The molecular formula is C47H83N19O12. The van der Waals surface area contributed by atoms with E-state index < -0.39 is 120 Å². The van der Waals surface area contributed by atoms with E-state index in [0.717, 1.165) is 0 Å². The molecule has 8 atom stereocenters. The average molecular weight is 1110 g/mol. The van der Waals surface area contributed by atoms with Crippen molar-refractivity contribution in [2.24, 2.45) is 34.6 Å². The minimum absolute atomic E-state index is 0.00243. The molecular weight excluding hydrogens is 1020 g/mol. The van der Waals surface area contributed by atoms with E-state index in [9.17, 15) is 58.2 Å². The lowest BCUT2D eigenvalue weighted by atomic mass is 10.0. The monoisotopic (exact) mass is 1110 g/mol. The summed E-state index contributed by atoms with van der Waals surface area (Å²) in [6.45, 7) is 3.87. The number of guanidine groups is 2. The number of carbonyl (C=O) groups is 10. The van der Waals surface area contributed by atoms with Crippen molar-refractivity contribution in [2.75, 3.05) is 39.3 Å². The molecule has 0 saturated carbocycles. The molecule has 31 nitrogen and oxygen atoms in total. The number of imidazole rings is 1. The topological polar surface area (TPSA) is 529 Å². The zero-order chi connectivity index (χ0) is 58.3. The molecule has 31 heteroatoms. The highest BCUT2D eigenvalue weighted by Crippen LogP contribution is 2.21. The molecule has 1 fully saturated rings. The van der Waals surface area contributed by atoms with Gasteiger partial charge in [0.15, 0.2) is 11.9 Å². The van der Waals surface area contributed by atoms with Gasteiger partial charge in [-0.05, 0) is 102 Å². The van der Waals surface area contributed by atoms with Gasteiger partial charge in [-0.25, -0.2) is 9.78 Å². The number of carbonyl (C=O) groups excluding carboxylic acids is 8. The van der Waals surface area contributed by atoms with Crippen molar-refractivity contribution in [1.29, 1.82) is 10.8 Å². The summed E-state index contributed by atoms with van der Waals surface area (Å²) < 4.78 is 0.